The largest absolute Gasteiger partial charge is 0.470 e. The molecule has 0 aliphatic carbocycles. The van der Waals surface area contributed by atoms with Gasteiger partial charge in [-0.25, -0.2) is 9.78 Å². The fourth-order valence-electron chi connectivity index (χ4n) is 4.26. The fraction of sp³-hybridized carbons (Fsp3) is 0.269. The van der Waals surface area contributed by atoms with Gasteiger partial charge in [0.05, 0.1) is 5.56 Å². The van der Waals surface area contributed by atoms with Crippen molar-refractivity contribution in [2.24, 2.45) is 0 Å². The lowest BCUT2D eigenvalue weighted by Gasteiger charge is -2.19. The van der Waals surface area contributed by atoms with Gasteiger partial charge in [0.15, 0.2) is 6.23 Å². The van der Waals surface area contributed by atoms with E-state index in [9.17, 15) is 22.8 Å². The van der Waals surface area contributed by atoms with Gasteiger partial charge in [-0.3, -0.25) is 4.79 Å². The van der Waals surface area contributed by atoms with Crippen LogP contribution in [0.1, 0.15) is 41.5 Å². The summed E-state index contributed by atoms with van der Waals surface area (Å²) in [6.07, 6.45) is -2.58. The molecule has 11 heteroatoms. The summed E-state index contributed by atoms with van der Waals surface area (Å²) in [5.41, 5.74) is 1.47. The number of ether oxygens (including phenoxy) is 2. The highest BCUT2D eigenvalue weighted by Gasteiger charge is 2.33. The zero-order valence-electron chi connectivity index (χ0n) is 19.7. The Morgan fingerprint density at radius 1 is 1.16 bits per heavy atom. The molecule has 0 fully saturated rings. The van der Waals surface area contributed by atoms with Crippen molar-refractivity contribution in [2.45, 2.75) is 44.6 Å². The van der Waals surface area contributed by atoms with Crippen molar-refractivity contribution >= 4 is 17.8 Å². The maximum atomic E-state index is 12.7. The number of carbonyl (C=O) groups is 2. The van der Waals surface area contributed by atoms with Gasteiger partial charge in [0, 0.05) is 36.2 Å². The average molecular weight is 512 g/mol. The molecule has 2 atom stereocenters. The van der Waals surface area contributed by atoms with E-state index in [0.717, 1.165) is 23.3 Å². The van der Waals surface area contributed by atoms with Crippen LogP contribution in [0.15, 0.2) is 54.7 Å². The zero-order valence-corrected chi connectivity index (χ0v) is 19.7. The molecular weight excluding hydrogens is 489 g/mol. The number of hydrogen-bond acceptors (Lipinski definition) is 5. The van der Waals surface area contributed by atoms with Crippen molar-refractivity contribution in [1.29, 1.82) is 0 Å². The highest BCUT2D eigenvalue weighted by atomic mass is 19.4. The first-order chi connectivity index (χ1) is 17.7. The van der Waals surface area contributed by atoms with E-state index in [1.54, 1.807) is 24.4 Å². The normalized spacial score (nSPS) is 18.2. The minimum Gasteiger partial charge on any atom is -0.470 e. The van der Waals surface area contributed by atoms with Crippen molar-refractivity contribution < 1.29 is 32.2 Å². The topological polar surface area (TPSA) is 102 Å². The fourth-order valence-corrected chi connectivity index (χ4v) is 4.26. The molecule has 2 aromatic carbocycles. The van der Waals surface area contributed by atoms with E-state index in [2.05, 4.69) is 20.9 Å². The van der Waals surface area contributed by atoms with Crippen LogP contribution in [0.2, 0.25) is 0 Å². The second kappa shape index (κ2) is 9.64. The first-order valence-electron chi connectivity index (χ1n) is 11.6. The number of nitrogens with zero attached hydrogens (tertiary/aromatic N) is 1. The van der Waals surface area contributed by atoms with E-state index in [1.165, 1.54) is 12.1 Å². The molecule has 3 amide bonds. The third-order valence-electron chi connectivity index (χ3n) is 6.29. The van der Waals surface area contributed by atoms with Crippen LogP contribution in [0.4, 0.5) is 23.8 Å². The SMILES string of the molecule is C[C@H]1c2cc(Oc3ccnc4c3CCC(=O)N4)ccc2O[C@H]1NC(=O)NCc1ccc(C(F)(F)F)cc1. The van der Waals surface area contributed by atoms with Crippen LogP contribution in [-0.4, -0.2) is 23.2 Å². The number of hydrogen-bond donors (Lipinski definition) is 3. The van der Waals surface area contributed by atoms with E-state index in [4.69, 9.17) is 9.47 Å². The van der Waals surface area contributed by atoms with E-state index < -0.39 is 24.0 Å². The maximum absolute atomic E-state index is 12.7. The number of anilines is 1. The third kappa shape index (κ3) is 5.30. The van der Waals surface area contributed by atoms with Gasteiger partial charge in [-0.15, -0.1) is 0 Å². The van der Waals surface area contributed by atoms with Crippen LogP contribution in [0.25, 0.3) is 0 Å². The molecule has 3 aromatic rings. The van der Waals surface area contributed by atoms with Crippen LogP contribution in [-0.2, 0) is 23.9 Å². The number of benzene rings is 2. The Balaban J connectivity index is 1.20. The Morgan fingerprint density at radius 2 is 1.95 bits per heavy atom. The molecule has 5 rings (SSSR count). The number of amides is 3. The van der Waals surface area contributed by atoms with Gasteiger partial charge in [-0.2, -0.15) is 13.2 Å². The molecular formula is C26H23F3N4O4. The Labute approximate surface area is 210 Å². The Morgan fingerprint density at radius 3 is 2.70 bits per heavy atom. The van der Waals surface area contributed by atoms with Gasteiger partial charge in [0.25, 0.3) is 0 Å². The van der Waals surface area contributed by atoms with Crippen LogP contribution in [0, 0.1) is 0 Å². The molecule has 37 heavy (non-hydrogen) atoms. The Bertz CT molecular complexity index is 1340. The lowest BCUT2D eigenvalue weighted by atomic mass is 10.0. The molecule has 2 aliphatic rings. The molecule has 8 nitrogen and oxygen atoms in total. The first kappa shape index (κ1) is 24.4. The van der Waals surface area contributed by atoms with Gasteiger partial charge < -0.3 is 25.4 Å². The number of urea groups is 1. The maximum Gasteiger partial charge on any atom is 0.416 e. The molecule has 0 unspecified atom stereocenters. The summed E-state index contributed by atoms with van der Waals surface area (Å²) < 4.78 is 50.1. The zero-order chi connectivity index (χ0) is 26.2. The molecule has 0 bridgehead atoms. The van der Waals surface area contributed by atoms with Gasteiger partial charge in [0.2, 0.25) is 5.91 Å². The van der Waals surface area contributed by atoms with Crippen molar-refractivity contribution in [3.8, 4) is 17.2 Å². The summed E-state index contributed by atoms with van der Waals surface area (Å²) in [4.78, 5) is 28.3. The van der Waals surface area contributed by atoms with Gasteiger partial charge in [-0.05, 0) is 48.4 Å². The summed E-state index contributed by atoms with van der Waals surface area (Å²) in [7, 11) is 0. The summed E-state index contributed by atoms with van der Waals surface area (Å²) in [6, 6.07) is 11.2. The van der Waals surface area contributed by atoms with Crippen molar-refractivity contribution in [1.82, 2.24) is 15.6 Å². The minimum absolute atomic E-state index is 0.0622. The Hall–Kier alpha value is -4.28. The summed E-state index contributed by atoms with van der Waals surface area (Å²) in [5.74, 6) is 2.01. The molecule has 192 valence electrons. The average Bonchev–Trinajstić information content (AvgIpc) is 3.17. The highest BCUT2D eigenvalue weighted by Crippen LogP contribution is 2.41. The monoisotopic (exact) mass is 512 g/mol. The number of pyridine rings is 1. The second-order valence-electron chi connectivity index (χ2n) is 8.83. The Kier molecular flexibility index (Phi) is 6.36. The van der Waals surface area contributed by atoms with E-state index in [0.29, 0.717) is 41.5 Å². The smallest absolute Gasteiger partial charge is 0.416 e. The predicted octanol–water partition coefficient (Wildman–Crippen LogP) is 5.10. The van der Waals surface area contributed by atoms with Crippen LogP contribution in [0.3, 0.4) is 0 Å². The van der Waals surface area contributed by atoms with E-state index in [1.807, 2.05) is 13.0 Å². The third-order valence-corrected chi connectivity index (χ3v) is 6.29. The number of aromatic nitrogens is 1. The first-order valence-corrected chi connectivity index (χ1v) is 11.6. The van der Waals surface area contributed by atoms with Gasteiger partial charge in [-0.1, -0.05) is 19.1 Å². The quantitative estimate of drug-likeness (QED) is 0.442. The van der Waals surface area contributed by atoms with Gasteiger partial charge in [0.1, 0.15) is 23.1 Å². The van der Waals surface area contributed by atoms with Gasteiger partial charge >= 0.3 is 12.2 Å². The standard InChI is InChI=1S/C26H23F3N4O4/c1-14-19-12-17(36-21-10-11-30-23-18(21)7-9-22(34)32-23)6-8-20(19)37-24(14)33-25(35)31-13-15-2-4-16(5-3-15)26(27,28)29/h2-6,8,10-12,14,24H,7,9,13H2,1H3,(H,30,32,34)(H2,31,33,35)/t14-,24+/m0/s1. The number of halogens is 3. The number of fused-ring (bicyclic) bond motifs is 2. The minimum atomic E-state index is -4.41. The summed E-state index contributed by atoms with van der Waals surface area (Å²) in [6.45, 7) is 1.97. The molecule has 1 aromatic heterocycles. The van der Waals surface area contributed by atoms with Crippen LogP contribution >= 0.6 is 0 Å². The lowest BCUT2D eigenvalue weighted by Crippen LogP contribution is -2.45. The number of nitrogens with one attached hydrogen (secondary N) is 3. The number of rotatable bonds is 5. The van der Waals surface area contributed by atoms with E-state index >= 15 is 0 Å². The van der Waals surface area contributed by atoms with Crippen molar-refractivity contribution in [3.05, 3.63) is 77.0 Å². The van der Waals surface area contributed by atoms with Crippen molar-refractivity contribution in [2.75, 3.05) is 5.32 Å². The summed E-state index contributed by atoms with van der Waals surface area (Å²) in [5, 5.41) is 8.14. The van der Waals surface area contributed by atoms with Crippen LogP contribution in [0.5, 0.6) is 17.2 Å². The molecule has 2 aliphatic heterocycles. The van der Waals surface area contributed by atoms with Crippen LogP contribution < -0.4 is 25.4 Å². The lowest BCUT2D eigenvalue weighted by molar-refractivity contribution is -0.137. The summed E-state index contributed by atoms with van der Waals surface area (Å²) >= 11 is 0. The molecule has 3 N–H and O–H groups in total. The molecule has 0 radical (unpaired) electrons. The number of carbonyl (C=O) groups excluding carboxylic acids is 2. The van der Waals surface area contributed by atoms with E-state index in [-0.39, 0.29) is 18.4 Å². The molecule has 0 spiro atoms. The second-order valence-corrected chi connectivity index (χ2v) is 8.83. The number of alkyl halides is 3. The predicted molar refractivity (Wildman–Crippen MR) is 127 cm³/mol. The molecule has 0 saturated heterocycles. The molecule has 0 saturated carbocycles. The molecule has 3 heterocycles. The van der Waals surface area contributed by atoms with Crippen molar-refractivity contribution in [3.63, 3.8) is 0 Å². The highest BCUT2D eigenvalue weighted by molar-refractivity contribution is 5.93.